The first-order chi connectivity index (χ1) is 9.61. The minimum Gasteiger partial charge on any atom is -0.384 e. The van der Waals surface area contributed by atoms with Crippen molar-refractivity contribution in [1.29, 1.82) is 0 Å². The van der Waals surface area contributed by atoms with E-state index in [0.29, 0.717) is 23.1 Å². The van der Waals surface area contributed by atoms with E-state index in [-0.39, 0.29) is 11.9 Å². The third kappa shape index (κ3) is 2.69. The molecule has 6 nitrogen and oxygen atoms in total. The Hall–Kier alpha value is -2.63. The normalized spacial score (nSPS) is 14.0. The summed E-state index contributed by atoms with van der Waals surface area (Å²) >= 11 is 0. The van der Waals surface area contributed by atoms with Crippen LogP contribution in [0.3, 0.4) is 0 Å². The Kier molecular flexibility index (Phi) is 2.98. The standard InChI is InChI=1S/C14H15N5O/c15-12-7-11(18-14(16)19-12)8-1-3-9(4-2-8)13(20)17-10-5-6-10/h1-4,7,10H,5-6H2,(H,17,20)(H4,15,16,18,19). The second-order valence-electron chi connectivity index (χ2n) is 4.86. The van der Waals surface area contributed by atoms with Crippen molar-refractivity contribution in [2.24, 2.45) is 0 Å². The number of hydrogen-bond donors (Lipinski definition) is 3. The van der Waals surface area contributed by atoms with Crippen LogP contribution in [0, 0.1) is 0 Å². The fraction of sp³-hybridized carbons (Fsp3) is 0.214. The number of anilines is 2. The highest BCUT2D eigenvalue weighted by Gasteiger charge is 2.23. The summed E-state index contributed by atoms with van der Waals surface area (Å²) in [6.45, 7) is 0. The van der Waals surface area contributed by atoms with Crippen LogP contribution in [0.2, 0.25) is 0 Å². The van der Waals surface area contributed by atoms with Crippen molar-refractivity contribution >= 4 is 17.7 Å². The second-order valence-corrected chi connectivity index (χ2v) is 4.86. The maximum Gasteiger partial charge on any atom is 0.251 e. The van der Waals surface area contributed by atoms with Gasteiger partial charge < -0.3 is 16.8 Å². The Balaban J connectivity index is 1.82. The van der Waals surface area contributed by atoms with Gasteiger partial charge in [0.05, 0.1) is 5.69 Å². The third-order valence-corrected chi connectivity index (χ3v) is 3.12. The largest absolute Gasteiger partial charge is 0.384 e. The molecule has 0 saturated heterocycles. The molecule has 0 unspecified atom stereocenters. The molecule has 1 heterocycles. The van der Waals surface area contributed by atoms with Crippen LogP contribution in [0.5, 0.6) is 0 Å². The lowest BCUT2D eigenvalue weighted by molar-refractivity contribution is 0.0951. The van der Waals surface area contributed by atoms with Crippen LogP contribution in [0.25, 0.3) is 11.3 Å². The summed E-state index contributed by atoms with van der Waals surface area (Å²) in [6.07, 6.45) is 2.15. The number of hydrogen-bond acceptors (Lipinski definition) is 5. The van der Waals surface area contributed by atoms with Gasteiger partial charge in [-0.2, -0.15) is 4.98 Å². The number of nitrogen functional groups attached to an aromatic ring is 2. The number of nitrogens with zero attached hydrogens (tertiary/aromatic N) is 2. The SMILES string of the molecule is Nc1cc(-c2ccc(C(=O)NC3CC3)cc2)nc(N)n1. The van der Waals surface area contributed by atoms with E-state index in [1.54, 1.807) is 18.2 Å². The minimum absolute atomic E-state index is 0.0410. The van der Waals surface area contributed by atoms with Crippen LogP contribution < -0.4 is 16.8 Å². The summed E-state index contributed by atoms with van der Waals surface area (Å²) in [5.74, 6) is 0.416. The molecular formula is C14H15N5O. The smallest absolute Gasteiger partial charge is 0.251 e. The Labute approximate surface area is 116 Å². The van der Waals surface area contributed by atoms with Gasteiger partial charge >= 0.3 is 0 Å². The van der Waals surface area contributed by atoms with Crippen LogP contribution in [-0.4, -0.2) is 21.9 Å². The number of nitrogens with one attached hydrogen (secondary N) is 1. The van der Waals surface area contributed by atoms with Gasteiger partial charge in [-0.05, 0) is 25.0 Å². The molecule has 5 N–H and O–H groups in total. The fourth-order valence-corrected chi connectivity index (χ4v) is 1.92. The first-order valence-corrected chi connectivity index (χ1v) is 6.43. The van der Waals surface area contributed by atoms with Crippen LogP contribution in [0.1, 0.15) is 23.2 Å². The minimum atomic E-state index is -0.0410. The van der Waals surface area contributed by atoms with E-state index in [9.17, 15) is 4.79 Å². The van der Waals surface area contributed by atoms with Gasteiger partial charge in [-0.3, -0.25) is 4.79 Å². The Morgan fingerprint density at radius 3 is 2.45 bits per heavy atom. The van der Waals surface area contributed by atoms with Crippen LogP contribution in [0.15, 0.2) is 30.3 Å². The summed E-state index contributed by atoms with van der Waals surface area (Å²) in [7, 11) is 0. The average Bonchev–Trinajstić information content (AvgIpc) is 3.22. The zero-order valence-electron chi connectivity index (χ0n) is 10.8. The molecule has 2 aromatic rings. The number of carbonyl (C=O) groups is 1. The lowest BCUT2D eigenvalue weighted by atomic mass is 10.1. The molecular weight excluding hydrogens is 254 g/mol. The van der Waals surface area contributed by atoms with E-state index in [1.807, 2.05) is 12.1 Å². The first kappa shape index (κ1) is 12.4. The number of aromatic nitrogens is 2. The third-order valence-electron chi connectivity index (χ3n) is 3.12. The van der Waals surface area contributed by atoms with E-state index in [1.165, 1.54) is 0 Å². The highest BCUT2D eigenvalue weighted by molar-refractivity contribution is 5.95. The van der Waals surface area contributed by atoms with Gasteiger partial charge in [-0.15, -0.1) is 0 Å². The second kappa shape index (κ2) is 4.80. The summed E-state index contributed by atoms with van der Waals surface area (Å²) in [6, 6.07) is 9.17. The molecule has 0 aliphatic heterocycles. The zero-order chi connectivity index (χ0) is 14.1. The van der Waals surface area contributed by atoms with E-state index >= 15 is 0 Å². The van der Waals surface area contributed by atoms with Crippen molar-refractivity contribution in [1.82, 2.24) is 15.3 Å². The van der Waals surface area contributed by atoms with E-state index < -0.39 is 0 Å². The van der Waals surface area contributed by atoms with E-state index in [4.69, 9.17) is 11.5 Å². The number of benzene rings is 1. The molecule has 0 radical (unpaired) electrons. The monoisotopic (exact) mass is 269 g/mol. The molecule has 3 rings (SSSR count). The number of nitrogens with two attached hydrogens (primary N) is 2. The molecule has 1 aliphatic rings. The van der Waals surface area contributed by atoms with Gasteiger partial charge in [0, 0.05) is 23.2 Å². The summed E-state index contributed by atoms with van der Waals surface area (Å²) < 4.78 is 0. The van der Waals surface area contributed by atoms with Gasteiger partial charge in [-0.1, -0.05) is 12.1 Å². The molecule has 102 valence electrons. The Morgan fingerprint density at radius 2 is 1.85 bits per heavy atom. The molecule has 1 aliphatic carbocycles. The summed E-state index contributed by atoms with van der Waals surface area (Å²) in [5, 5.41) is 2.94. The van der Waals surface area contributed by atoms with Crippen LogP contribution in [0.4, 0.5) is 11.8 Å². The number of carbonyl (C=O) groups excluding carboxylic acids is 1. The Morgan fingerprint density at radius 1 is 1.15 bits per heavy atom. The Bertz CT molecular complexity index is 629. The number of amides is 1. The fourth-order valence-electron chi connectivity index (χ4n) is 1.92. The molecule has 0 atom stereocenters. The lowest BCUT2D eigenvalue weighted by Gasteiger charge is -2.06. The van der Waals surface area contributed by atoms with Crippen LogP contribution in [-0.2, 0) is 0 Å². The molecule has 20 heavy (non-hydrogen) atoms. The first-order valence-electron chi connectivity index (χ1n) is 6.43. The van der Waals surface area contributed by atoms with Gasteiger partial charge in [0.1, 0.15) is 5.82 Å². The molecule has 0 bridgehead atoms. The molecule has 1 aromatic heterocycles. The highest BCUT2D eigenvalue weighted by atomic mass is 16.1. The molecule has 1 aromatic carbocycles. The molecule has 1 fully saturated rings. The van der Waals surface area contributed by atoms with Crippen LogP contribution >= 0.6 is 0 Å². The molecule has 1 amide bonds. The van der Waals surface area contributed by atoms with Crippen molar-refractivity contribution in [2.45, 2.75) is 18.9 Å². The summed E-state index contributed by atoms with van der Waals surface area (Å²) in [5.41, 5.74) is 13.3. The van der Waals surface area contributed by atoms with Gasteiger partial charge in [0.15, 0.2) is 0 Å². The number of rotatable bonds is 3. The lowest BCUT2D eigenvalue weighted by Crippen LogP contribution is -2.25. The predicted molar refractivity (Wildman–Crippen MR) is 76.8 cm³/mol. The van der Waals surface area contributed by atoms with Crippen molar-refractivity contribution in [3.8, 4) is 11.3 Å². The van der Waals surface area contributed by atoms with Crippen molar-refractivity contribution in [3.05, 3.63) is 35.9 Å². The zero-order valence-corrected chi connectivity index (χ0v) is 10.8. The van der Waals surface area contributed by atoms with Crippen molar-refractivity contribution < 1.29 is 4.79 Å². The van der Waals surface area contributed by atoms with Crippen molar-refractivity contribution in [3.63, 3.8) is 0 Å². The average molecular weight is 269 g/mol. The molecule has 0 spiro atoms. The maximum atomic E-state index is 11.9. The topological polar surface area (TPSA) is 107 Å². The molecule has 6 heteroatoms. The van der Waals surface area contributed by atoms with Crippen molar-refractivity contribution in [2.75, 3.05) is 11.5 Å². The van der Waals surface area contributed by atoms with Gasteiger partial charge in [0.2, 0.25) is 5.95 Å². The quantitative estimate of drug-likeness (QED) is 0.776. The van der Waals surface area contributed by atoms with E-state index in [0.717, 1.165) is 18.4 Å². The van der Waals surface area contributed by atoms with Gasteiger partial charge in [-0.25, -0.2) is 4.98 Å². The predicted octanol–water partition coefficient (Wildman–Crippen LogP) is 1.20. The maximum absolute atomic E-state index is 11.9. The van der Waals surface area contributed by atoms with E-state index in [2.05, 4.69) is 15.3 Å². The molecule has 1 saturated carbocycles. The highest BCUT2D eigenvalue weighted by Crippen LogP contribution is 2.22. The summed E-state index contributed by atoms with van der Waals surface area (Å²) in [4.78, 5) is 19.8. The van der Waals surface area contributed by atoms with Gasteiger partial charge in [0.25, 0.3) is 5.91 Å².